The second-order valence-corrected chi connectivity index (χ2v) is 9.23. The largest absolute Gasteiger partial charge is 0.493 e. The first kappa shape index (κ1) is 20.6. The van der Waals surface area contributed by atoms with Crippen LogP contribution >= 0.6 is 39.0 Å². The van der Waals surface area contributed by atoms with Gasteiger partial charge in [0, 0.05) is 32.4 Å². The molecular formula is C21H16BrN3O3S2. The van der Waals surface area contributed by atoms with Crippen molar-refractivity contribution in [1.29, 1.82) is 0 Å². The van der Waals surface area contributed by atoms with Crippen molar-refractivity contribution in [2.75, 3.05) is 11.6 Å². The highest BCUT2D eigenvalue weighted by atomic mass is 79.9. The molecular weight excluding hydrogens is 486 g/mol. The third-order valence-corrected chi connectivity index (χ3v) is 6.58. The van der Waals surface area contributed by atoms with Gasteiger partial charge in [-0.05, 0) is 48.7 Å². The summed E-state index contributed by atoms with van der Waals surface area (Å²) in [5, 5.41) is 13.3. The van der Waals surface area contributed by atoms with Gasteiger partial charge in [0.1, 0.15) is 6.54 Å². The molecule has 2 heterocycles. The molecule has 152 valence electrons. The fourth-order valence-electron chi connectivity index (χ4n) is 3.01. The van der Waals surface area contributed by atoms with Crippen LogP contribution in [0, 0.1) is 0 Å². The number of aromatic nitrogens is 1. The lowest BCUT2D eigenvalue weighted by atomic mass is 10.1. The van der Waals surface area contributed by atoms with Crippen molar-refractivity contribution in [3.8, 4) is 5.88 Å². The van der Waals surface area contributed by atoms with Crippen LogP contribution in [-0.2, 0) is 11.3 Å². The number of hydrogen-bond acceptors (Lipinski definition) is 6. The monoisotopic (exact) mass is 501 g/mol. The highest BCUT2D eigenvalue weighted by Crippen LogP contribution is 2.36. The van der Waals surface area contributed by atoms with E-state index in [-0.39, 0.29) is 18.3 Å². The van der Waals surface area contributed by atoms with Gasteiger partial charge in [0.2, 0.25) is 11.8 Å². The normalized spacial score (nSPS) is 13.6. The number of nitrogens with zero attached hydrogens (tertiary/aromatic N) is 2. The first-order valence-electron chi connectivity index (χ1n) is 8.87. The number of hydrogen-bond donors (Lipinski definition) is 2. The number of carbonyl (C=O) groups is 1. The zero-order valence-corrected chi connectivity index (χ0v) is 19.0. The zero-order chi connectivity index (χ0) is 21.3. The highest BCUT2D eigenvalue weighted by molar-refractivity contribution is 9.10. The predicted octanol–water partition coefficient (Wildman–Crippen LogP) is 5.00. The summed E-state index contributed by atoms with van der Waals surface area (Å²) in [5.41, 5.74) is 3.15. The topological polar surface area (TPSA) is 83.7 Å². The van der Waals surface area contributed by atoms with E-state index in [1.165, 1.54) is 0 Å². The average molecular weight is 502 g/mol. The SMILES string of the molecule is CSc1cccc(NC(=O)Cn2c(O)c(C=C3C=Nc4ccc(Br)cc43)sc2=O)c1. The van der Waals surface area contributed by atoms with E-state index in [0.29, 0.717) is 10.6 Å². The molecule has 1 amide bonds. The summed E-state index contributed by atoms with van der Waals surface area (Å²) >= 11 is 5.90. The van der Waals surface area contributed by atoms with E-state index < -0.39 is 4.87 Å². The standard InChI is InChI=1S/C21H16BrN3O3S2/c1-29-15-4-2-3-14(9-15)24-19(26)11-25-20(27)18(30-21(25)28)7-12-10-23-17-6-5-13(22)8-16(12)17/h2-10,27H,11H2,1H3,(H,24,26). The number of carbonyl (C=O) groups excluding carboxylic acids is 1. The lowest BCUT2D eigenvalue weighted by Gasteiger charge is -2.07. The van der Waals surface area contributed by atoms with Gasteiger partial charge in [-0.15, -0.1) is 11.8 Å². The minimum absolute atomic E-state index is 0.234. The fraction of sp³-hybridized carbons (Fsp3) is 0.0952. The molecule has 9 heteroatoms. The number of halogens is 1. The number of aromatic hydroxyl groups is 1. The van der Waals surface area contributed by atoms with Crippen molar-refractivity contribution < 1.29 is 9.90 Å². The number of fused-ring (bicyclic) bond motifs is 1. The Morgan fingerprint density at radius 1 is 1.33 bits per heavy atom. The van der Waals surface area contributed by atoms with Gasteiger partial charge in [-0.25, -0.2) is 0 Å². The highest BCUT2D eigenvalue weighted by Gasteiger charge is 2.18. The van der Waals surface area contributed by atoms with E-state index in [1.54, 1.807) is 30.1 Å². The number of thioether (sulfide) groups is 1. The van der Waals surface area contributed by atoms with Gasteiger partial charge in [0.25, 0.3) is 0 Å². The molecule has 4 rings (SSSR count). The Bertz CT molecular complexity index is 1260. The molecule has 30 heavy (non-hydrogen) atoms. The van der Waals surface area contributed by atoms with Gasteiger partial charge in [-0.3, -0.25) is 19.1 Å². The molecule has 6 nitrogen and oxygen atoms in total. The number of allylic oxidation sites excluding steroid dienone is 1. The van der Waals surface area contributed by atoms with Crippen LogP contribution < -0.4 is 10.2 Å². The molecule has 2 aromatic carbocycles. The molecule has 0 aliphatic carbocycles. The maximum atomic E-state index is 12.4. The van der Waals surface area contributed by atoms with Crippen LogP contribution in [0.25, 0.3) is 11.6 Å². The Morgan fingerprint density at radius 2 is 2.17 bits per heavy atom. The van der Waals surface area contributed by atoms with Crippen LogP contribution in [0.4, 0.5) is 11.4 Å². The van der Waals surface area contributed by atoms with Gasteiger partial charge >= 0.3 is 4.87 Å². The molecule has 0 spiro atoms. The van der Waals surface area contributed by atoms with E-state index in [1.807, 2.05) is 42.7 Å². The van der Waals surface area contributed by atoms with Crippen molar-refractivity contribution in [2.24, 2.45) is 4.99 Å². The molecule has 0 unspecified atom stereocenters. The summed E-state index contributed by atoms with van der Waals surface area (Å²) < 4.78 is 1.98. The molecule has 0 radical (unpaired) electrons. The van der Waals surface area contributed by atoms with Crippen LogP contribution in [0.2, 0.25) is 0 Å². The first-order chi connectivity index (χ1) is 14.4. The summed E-state index contributed by atoms with van der Waals surface area (Å²) in [7, 11) is 0. The number of amides is 1. The average Bonchev–Trinajstić information content (AvgIpc) is 3.23. The van der Waals surface area contributed by atoms with Crippen LogP contribution in [0.5, 0.6) is 5.88 Å². The Morgan fingerprint density at radius 3 is 2.97 bits per heavy atom. The van der Waals surface area contributed by atoms with Crippen molar-refractivity contribution in [1.82, 2.24) is 4.57 Å². The Balaban J connectivity index is 1.56. The van der Waals surface area contributed by atoms with Crippen LogP contribution in [0.3, 0.4) is 0 Å². The third kappa shape index (κ3) is 4.28. The number of thiazole rings is 1. The van der Waals surface area contributed by atoms with Gasteiger partial charge in [0.15, 0.2) is 0 Å². The second-order valence-electron chi connectivity index (χ2n) is 6.44. The lowest BCUT2D eigenvalue weighted by molar-refractivity contribution is -0.116. The molecule has 0 atom stereocenters. The Kier molecular flexibility index (Phi) is 5.94. The molecule has 0 fully saturated rings. The summed E-state index contributed by atoms with van der Waals surface area (Å²) in [6.45, 7) is -0.274. The van der Waals surface area contributed by atoms with E-state index >= 15 is 0 Å². The molecule has 2 N–H and O–H groups in total. The molecule has 1 aromatic heterocycles. The van der Waals surface area contributed by atoms with Crippen molar-refractivity contribution in [3.63, 3.8) is 0 Å². The van der Waals surface area contributed by atoms with Gasteiger partial charge in [0.05, 0.1) is 10.6 Å². The molecule has 0 saturated carbocycles. The molecule has 1 aliphatic rings. The van der Waals surface area contributed by atoms with Crippen molar-refractivity contribution in [2.45, 2.75) is 11.4 Å². The summed E-state index contributed by atoms with van der Waals surface area (Å²) in [4.78, 5) is 30.1. The van der Waals surface area contributed by atoms with Crippen LogP contribution in [-0.4, -0.2) is 28.1 Å². The van der Waals surface area contributed by atoms with E-state index in [9.17, 15) is 14.7 Å². The minimum Gasteiger partial charge on any atom is -0.493 e. The van der Waals surface area contributed by atoms with E-state index in [0.717, 1.165) is 42.1 Å². The quantitative estimate of drug-likeness (QED) is 0.482. The summed E-state index contributed by atoms with van der Waals surface area (Å²) in [5.74, 6) is -0.623. The molecule has 0 bridgehead atoms. The lowest BCUT2D eigenvalue weighted by Crippen LogP contribution is -2.24. The smallest absolute Gasteiger partial charge is 0.311 e. The number of nitrogens with one attached hydrogen (secondary N) is 1. The summed E-state index contributed by atoms with van der Waals surface area (Å²) in [6.07, 6.45) is 5.35. The fourth-order valence-corrected chi connectivity index (χ4v) is 4.67. The molecule has 0 saturated heterocycles. The predicted molar refractivity (Wildman–Crippen MR) is 127 cm³/mol. The number of aliphatic imine (C=N–C) groups is 1. The minimum atomic E-state index is -0.406. The molecule has 1 aliphatic heterocycles. The van der Waals surface area contributed by atoms with Gasteiger partial charge in [-0.2, -0.15) is 0 Å². The molecule has 3 aromatic rings. The van der Waals surface area contributed by atoms with Gasteiger partial charge in [-0.1, -0.05) is 33.3 Å². The van der Waals surface area contributed by atoms with Crippen LogP contribution in [0.1, 0.15) is 10.4 Å². The second kappa shape index (κ2) is 8.63. The number of rotatable bonds is 5. The summed E-state index contributed by atoms with van der Waals surface area (Å²) in [6, 6.07) is 13.1. The Hall–Kier alpha value is -2.62. The van der Waals surface area contributed by atoms with Crippen molar-refractivity contribution >= 4 is 74.2 Å². The first-order valence-corrected chi connectivity index (χ1v) is 11.7. The zero-order valence-electron chi connectivity index (χ0n) is 15.8. The van der Waals surface area contributed by atoms with E-state index in [4.69, 9.17) is 0 Å². The third-order valence-electron chi connectivity index (χ3n) is 4.45. The van der Waals surface area contributed by atoms with Gasteiger partial charge < -0.3 is 10.4 Å². The number of benzene rings is 2. The maximum Gasteiger partial charge on any atom is 0.311 e. The number of anilines is 1. The maximum absolute atomic E-state index is 12.4. The Labute approximate surface area is 189 Å². The van der Waals surface area contributed by atoms with Crippen LogP contribution in [0.15, 0.2) is 61.6 Å². The van der Waals surface area contributed by atoms with Crippen molar-refractivity contribution in [3.05, 3.63) is 67.0 Å². The van der Waals surface area contributed by atoms with E-state index in [2.05, 4.69) is 26.2 Å².